The van der Waals surface area contributed by atoms with Crippen LogP contribution in [0.1, 0.15) is 46.2 Å². The molecule has 2 N–H and O–H groups in total. The summed E-state index contributed by atoms with van der Waals surface area (Å²) in [5.74, 6) is -1.78. The highest BCUT2D eigenvalue weighted by Gasteiger charge is 2.30. The predicted octanol–water partition coefficient (Wildman–Crippen LogP) is 5.89. The van der Waals surface area contributed by atoms with E-state index in [0.717, 1.165) is 17.7 Å². The second-order valence-corrected chi connectivity index (χ2v) is 8.04. The number of hydrogen-bond acceptors (Lipinski definition) is 2. The molecule has 2 atom stereocenters. The molecule has 3 rings (SSSR count). The van der Waals surface area contributed by atoms with E-state index >= 15 is 0 Å². The number of hydrogen-bond donors (Lipinski definition) is 2. The summed E-state index contributed by atoms with van der Waals surface area (Å²) in [5, 5.41) is 5.66. The lowest BCUT2D eigenvalue weighted by molar-refractivity contribution is -0.137. The first-order valence-corrected chi connectivity index (χ1v) is 10.7. The van der Waals surface area contributed by atoms with E-state index in [9.17, 15) is 26.7 Å². The smallest absolute Gasteiger partial charge is 0.358 e. The summed E-state index contributed by atoms with van der Waals surface area (Å²) in [5.41, 5.74) is 1.47. The van der Waals surface area contributed by atoms with Gasteiger partial charge >= 0.3 is 6.18 Å². The molecule has 0 bridgehead atoms. The zero-order chi connectivity index (χ0) is 24.9. The average Bonchev–Trinajstić information content (AvgIpc) is 2.81. The van der Waals surface area contributed by atoms with Gasteiger partial charge < -0.3 is 10.6 Å². The van der Waals surface area contributed by atoms with Crippen molar-refractivity contribution in [2.75, 3.05) is 13.6 Å². The van der Waals surface area contributed by atoms with Crippen molar-refractivity contribution in [1.29, 1.82) is 0 Å². The first-order chi connectivity index (χ1) is 16.1. The molecule has 0 fully saturated rings. The van der Waals surface area contributed by atoms with Crippen LogP contribution in [0.5, 0.6) is 0 Å². The number of likely N-dealkylation sites (N-methyl/N-ethyl adjacent to an activating group) is 1. The molecule has 0 aliphatic carbocycles. The van der Waals surface area contributed by atoms with Crippen molar-refractivity contribution in [2.45, 2.75) is 31.5 Å². The monoisotopic (exact) mass is 476 g/mol. The van der Waals surface area contributed by atoms with Crippen molar-refractivity contribution in [3.63, 3.8) is 0 Å². The number of carbonyl (C=O) groups excluding carboxylic acids is 1. The summed E-state index contributed by atoms with van der Waals surface area (Å²) < 4.78 is 67.1. The summed E-state index contributed by atoms with van der Waals surface area (Å²) in [4.78, 5) is 12.4. The highest BCUT2D eigenvalue weighted by atomic mass is 19.4. The van der Waals surface area contributed by atoms with Gasteiger partial charge in [-0.1, -0.05) is 42.0 Å². The fourth-order valence-electron chi connectivity index (χ4n) is 3.87. The maximum atomic E-state index is 14.7. The predicted molar refractivity (Wildman–Crippen MR) is 120 cm³/mol. The Kier molecular flexibility index (Phi) is 8.04. The molecule has 0 saturated heterocycles. The van der Waals surface area contributed by atoms with Crippen molar-refractivity contribution >= 4 is 5.91 Å². The van der Waals surface area contributed by atoms with Crippen LogP contribution < -0.4 is 10.6 Å². The van der Waals surface area contributed by atoms with Crippen LogP contribution in [0.4, 0.5) is 22.0 Å². The largest absolute Gasteiger partial charge is 0.416 e. The minimum absolute atomic E-state index is 0.245. The van der Waals surface area contributed by atoms with Crippen LogP contribution in [0.2, 0.25) is 0 Å². The Hall–Kier alpha value is -3.26. The van der Waals surface area contributed by atoms with Gasteiger partial charge in [-0.05, 0) is 66.9 Å². The van der Waals surface area contributed by atoms with E-state index < -0.39 is 35.3 Å². The van der Waals surface area contributed by atoms with Crippen LogP contribution in [-0.2, 0) is 11.0 Å². The van der Waals surface area contributed by atoms with Gasteiger partial charge in [-0.2, -0.15) is 13.2 Å². The Morgan fingerprint density at radius 3 is 2.12 bits per heavy atom. The van der Waals surface area contributed by atoms with Gasteiger partial charge in [-0.15, -0.1) is 0 Å². The van der Waals surface area contributed by atoms with E-state index in [1.54, 1.807) is 19.1 Å². The summed E-state index contributed by atoms with van der Waals surface area (Å²) >= 11 is 0. The van der Waals surface area contributed by atoms with E-state index in [-0.39, 0.29) is 12.5 Å². The molecule has 0 aliphatic heterocycles. The lowest BCUT2D eigenvalue weighted by Crippen LogP contribution is -2.36. The lowest BCUT2D eigenvalue weighted by Gasteiger charge is -2.23. The third-order valence-corrected chi connectivity index (χ3v) is 5.66. The lowest BCUT2D eigenvalue weighted by atomic mass is 9.86. The Morgan fingerprint density at radius 1 is 0.912 bits per heavy atom. The molecule has 0 aromatic heterocycles. The van der Waals surface area contributed by atoms with Crippen molar-refractivity contribution in [1.82, 2.24) is 10.6 Å². The van der Waals surface area contributed by atoms with Gasteiger partial charge in [0, 0.05) is 13.0 Å². The number of carbonyl (C=O) groups is 1. The second kappa shape index (κ2) is 10.8. The Bertz CT molecular complexity index is 1110. The van der Waals surface area contributed by atoms with Gasteiger partial charge in [0.1, 0.15) is 17.7 Å². The molecule has 0 heterocycles. The third-order valence-electron chi connectivity index (χ3n) is 5.66. The molecule has 3 aromatic carbocycles. The molecule has 3 nitrogen and oxygen atoms in total. The summed E-state index contributed by atoms with van der Waals surface area (Å²) in [6.45, 7) is 2.05. The molecule has 0 saturated carbocycles. The summed E-state index contributed by atoms with van der Waals surface area (Å²) in [6.07, 6.45) is -4.17. The van der Waals surface area contributed by atoms with E-state index in [1.165, 1.54) is 49.5 Å². The summed E-state index contributed by atoms with van der Waals surface area (Å²) in [6, 6.07) is 14.0. The van der Waals surface area contributed by atoms with E-state index in [2.05, 4.69) is 10.6 Å². The number of aryl methyl sites for hydroxylation is 1. The topological polar surface area (TPSA) is 41.1 Å². The first kappa shape index (κ1) is 25.4. The fourth-order valence-corrected chi connectivity index (χ4v) is 3.87. The first-order valence-electron chi connectivity index (χ1n) is 10.7. The SMILES string of the molecule is CNC(=O)[C@H](NCC[C@@H](c1ccc(C(F)(F)F)cc1)c1cc(C)ccc1F)c1ccc(F)cc1. The zero-order valence-electron chi connectivity index (χ0n) is 18.7. The van der Waals surface area contributed by atoms with Crippen molar-refractivity contribution in [3.8, 4) is 0 Å². The average molecular weight is 476 g/mol. The quantitative estimate of drug-likeness (QED) is 0.398. The number of nitrogens with one attached hydrogen (secondary N) is 2. The molecule has 180 valence electrons. The number of amides is 1. The molecule has 8 heteroatoms. The molecule has 0 aliphatic rings. The number of halogens is 5. The Balaban J connectivity index is 1.87. The Morgan fingerprint density at radius 2 is 1.53 bits per heavy atom. The van der Waals surface area contributed by atoms with E-state index in [0.29, 0.717) is 23.1 Å². The highest BCUT2D eigenvalue weighted by Crippen LogP contribution is 2.34. The van der Waals surface area contributed by atoms with Crippen molar-refractivity contribution < 1.29 is 26.7 Å². The molecule has 1 amide bonds. The molecular weight excluding hydrogens is 451 g/mol. The van der Waals surface area contributed by atoms with Crippen molar-refractivity contribution in [3.05, 3.63) is 106 Å². The number of alkyl halides is 3. The minimum Gasteiger partial charge on any atom is -0.358 e. The zero-order valence-corrected chi connectivity index (χ0v) is 18.7. The molecular formula is C26H25F5N2O. The van der Waals surface area contributed by atoms with Crippen LogP contribution in [-0.4, -0.2) is 19.5 Å². The molecule has 0 radical (unpaired) electrons. The molecule has 34 heavy (non-hydrogen) atoms. The van der Waals surface area contributed by atoms with Crippen LogP contribution in [0.25, 0.3) is 0 Å². The molecule has 3 aromatic rings. The van der Waals surface area contributed by atoms with Crippen LogP contribution in [0, 0.1) is 18.6 Å². The van der Waals surface area contributed by atoms with Crippen molar-refractivity contribution in [2.24, 2.45) is 0 Å². The standard InChI is InChI=1S/C26H25F5N2O/c1-16-3-12-23(28)22(15-16)21(17-4-8-19(9-5-17)26(29,30)31)13-14-33-24(25(34)32-2)18-6-10-20(27)11-7-18/h3-12,15,21,24,33H,13-14H2,1-2H3,(H,32,34)/t21-,24+/m0/s1. The van der Waals surface area contributed by atoms with E-state index in [4.69, 9.17) is 0 Å². The normalized spacial score (nSPS) is 13.4. The van der Waals surface area contributed by atoms with Gasteiger partial charge in [0.15, 0.2) is 0 Å². The van der Waals surface area contributed by atoms with Crippen LogP contribution >= 0.6 is 0 Å². The maximum absolute atomic E-state index is 14.7. The highest BCUT2D eigenvalue weighted by molar-refractivity contribution is 5.82. The number of benzene rings is 3. The van der Waals surface area contributed by atoms with Crippen LogP contribution in [0.15, 0.2) is 66.7 Å². The minimum atomic E-state index is -4.47. The van der Waals surface area contributed by atoms with Crippen LogP contribution in [0.3, 0.4) is 0 Å². The van der Waals surface area contributed by atoms with Gasteiger partial charge in [-0.25, -0.2) is 8.78 Å². The third kappa shape index (κ3) is 6.20. The van der Waals surface area contributed by atoms with E-state index in [1.807, 2.05) is 0 Å². The molecule has 0 unspecified atom stereocenters. The van der Waals surface area contributed by atoms with Gasteiger partial charge in [0.2, 0.25) is 5.91 Å². The van der Waals surface area contributed by atoms with Gasteiger partial charge in [0.25, 0.3) is 0 Å². The molecule has 0 spiro atoms. The Labute approximate surface area is 195 Å². The number of rotatable bonds is 8. The summed E-state index contributed by atoms with van der Waals surface area (Å²) in [7, 11) is 1.48. The van der Waals surface area contributed by atoms with Gasteiger partial charge in [-0.3, -0.25) is 4.79 Å². The fraction of sp³-hybridized carbons (Fsp3) is 0.269. The maximum Gasteiger partial charge on any atom is 0.416 e. The second-order valence-electron chi connectivity index (χ2n) is 8.04. The van der Waals surface area contributed by atoms with Gasteiger partial charge in [0.05, 0.1) is 5.56 Å².